The van der Waals surface area contributed by atoms with E-state index in [1.165, 1.54) is 11.3 Å². The number of hydrogen-bond donors (Lipinski definition) is 1. The summed E-state index contributed by atoms with van der Waals surface area (Å²) in [6.45, 7) is 10.4. The lowest BCUT2D eigenvalue weighted by atomic mass is 10.2. The van der Waals surface area contributed by atoms with Gasteiger partial charge in [0.15, 0.2) is 0 Å². The number of carbonyl (C=O) groups excluding carboxylic acids is 1. The quantitative estimate of drug-likeness (QED) is 0.833. The standard InChI is InChI=1S/C17H24N4O3S/c1-5-23-17(22)14-11(4)13-15(18)19-12(20-16(13)25-14)8-21-6-9(2)24-10(3)7-21/h9-10H,5-8H2,1-4H3,(H2,18,19,20)/t9-,10+. The largest absolute Gasteiger partial charge is 0.462 e. The molecule has 2 aromatic heterocycles. The second-order valence-corrected chi connectivity index (χ2v) is 7.43. The van der Waals surface area contributed by atoms with Crippen molar-refractivity contribution in [2.45, 2.75) is 46.4 Å². The molecule has 2 atom stereocenters. The van der Waals surface area contributed by atoms with Gasteiger partial charge in [0.05, 0.1) is 30.7 Å². The summed E-state index contributed by atoms with van der Waals surface area (Å²) in [5.74, 6) is 0.751. The van der Waals surface area contributed by atoms with E-state index in [1.54, 1.807) is 6.92 Å². The van der Waals surface area contributed by atoms with Crippen LogP contribution in [0.25, 0.3) is 10.2 Å². The van der Waals surface area contributed by atoms with Gasteiger partial charge in [0.2, 0.25) is 0 Å². The number of hydrogen-bond acceptors (Lipinski definition) is 8. The highest BCUT2D eigenvalue weighted by atomic mass is 32.1. The Morgan fingerprint density at radius 1 is 1.36 bits per heavy atom. The van der Waals surface area contributed by atoms with Crippen molar-refractivity contribution in [3.8, 4) is 0 Å². The van der Waals surface area contributed by atoms with Crippen molar-refractivity contribution in [3.63, 3.8) is 0 Å². The minimum absolute atomic E-state index is 0.184. The molecule has 0 aromatic carbocycles. The van der Waals surface area contributed by atoms with Gasteiger partial charge in [0, 0.05) is 13.1 Å². The van der Waals surface area contributed by atoms with Gasteiger partial charge in [0.1, 0.15) is 21.3 Å². The molecule has 0 unspecified atom stereocenters. The molecule has 25 heavy (non-hydrogen) atoms. The minimum atomic E-state index is -0.334. The summed E-state index contributed by atoms with van der Waals surface area (Å²) >= 11 is 1.31. The first-order chi connectivity index (χ1) is 11.9. The molecule has 136 valence electrons. The van der Waals surface area contributed by atoms with Crippen LogP contribution in [0.2, 0.25) is 0 Å². The first-order valence-corrected chi connectivity index (χ1v) is 9.31. The minimum Gasteiger partial charge on any atom is -0.462 e. The molecule has 0 bridgehead atoms. The Labute approximate surface area is 151 Å². The molecule has 8 heteroatoms. The van der Waals surface area contributed by atoms with Crippen molar-refractivity contribution in [1.82, 2.24) is 14.9 Å². The van der Waals surface area contributed by atoms with Crippen LogP contribution in [-0.4, -0.2) is 52.7 Å². The predicted octanol–water partition coefficient (Wildman–Crippen LogP) is 2.37. The highest BCUT2D eigenvalue weighted by molar-refractivity contribution is 7.20. The summed E-state index contributed by atoms with van der Waals surface area (Å²) in [4.78, 5) is 24.8. The highest BCUT2D eigenvalue weighted by Gasteiger charge is 2.24. The second-order valence-electron chi connectivity index (χ2n) is 6.43. The zero-order valence-electron chi connectivity index (χ0n) is 15.0. The first kappa shape index (κ1) is 18.0. The van der Waals surface area contributed by atoms with Crippen LogP contribution < -0.4 is 5.73 Å². The first-order valence-electron chi connectivity index (χ1n) is 8.49. The maximum atomic E-state index is 12.1. The van der Waals surface area contributed by atoms with Crippen molar-refractivity contribution < 1.29 is 14.3 Å². The Hall–Kier alpha value is -1.77. The fourth-order valence-electron chi connectivity index (χ4n) is 3.29. The van der Waals surface area contributed by atoms with Crippen LogP contribution in [0.4, 0.5) is 5.82 Å². The van der Waals surface area contributed by atoms with Crippen LogP contribution in [0.15, 0.2) is 0 Å². The highest BCUT2D eigenvalue weighted by Crippen LogP contribution is 2.33. The predicted molar refractivity (Wildman–Crippen MR) is 97.8 cm³/mol. The van der Waals surface area contributed by atoms with Gasteiger partial charge in [0.25, 0.3) is 0 Å². The summed E-state index contributed by atoms with van der Waals surface area (Å²) in [5.41, 5.74) is 6.95. The number of thiophene rings is 1. The van der Waals surface area contributed by atoms with Crippen LogP contribution in [0, 0.1) is 6.92 Å². The molecule has 2 aromatic rings. The van der Waals surface area contributed by atoms with Crippen molar-refractivity contribution in [1.29, 1.82) is 0 Å². The molecule has 3 rings (SSSR count). The summed E-state index contributed by atoms with van der Waals surface area (Å²) in [6, 6.07) is 0. The molecule has 1 saturated heterocycles. The van der Waals surface area contributed by atoms with Crippen LogP contribution in [0.3, 0.4) is 0 Å². The molecular formula is C17H24N4O3S. The third kappa shape index (κ3) is 3.75. The molecule has 7 nitrogen and oxygen atoms in total. The topological polar surface area (TPSA) is 90.6 Å². The number of nitrogens with two attached hydrogens (primary N) is 1. The molecule has 0 spiro atoms. The number of aryl methyl sites for hydroxylation is 1. The number of rotatable bonds is 4. The average Bonchev–Trinajstić information content (AvgIpc) is 2.83. The Balaban J connectivity index is 1.89. The maximum absolute atomic E-state index is 12.1. The molecule has 1 fully saturated rings. The average molecular weight is 364 g/mol. The molecule has 0 radical (unpaired) electrons. The number of nitrogen functional groups attached to an aromatic ring is 1. The molecule has 0 saturated carbocycles. The number of ether oxygens (including phenoxy) is 2. The van der Waals surface area contributed by atoms with Gasteiger partial charge >= 0.3 is 5.97 Å². The van der Waals surface area contributed by atoms with E-state index >= 15 is 0 Å². The van der Waals surface area contributed by atoms with Crippen molar-refractivity contribution in [3.05, 3.63) is 16.3 Å². The van der Waals surface area contributed by atoms with E-state index in [0.717, 1.165) is 28.9 Å². The number of morpholine rings is 1. The maximum Gasteiger partial charge on any atom is 0.348 e. The lowest BCUT2D eigenvalue weighted by Crippen LogP contribution is -2.45. The smallest absolute Gasteiger partial charge is 0.348 e. The number of nitrogens with zero attached hydrogens (tertiary/aromatic N) is 3. The Morgan fingerprint density at radius 2 is 2.04 bits per heavy atom. The van der Waals surface area contributed by atoms with Crippen LogP contribution in [0.5, 0.6) is 0 Å². The van der Waals surface area contributed by atoms with Gasteiger partial charge < -0.3 is 15.2 Å². The van der Waals surface area contributed by atoms with Crippen LogP contribution in [0.1, 0.15) is 41.8 Å². The van der Waals surface area contributed by atoms with Gasteiger partial charge in [-0.3, -0.25) is 4.90 Å². The van der Waals surface area contributed by atoms with E-state index in [9.17, 15) is 4.79 Å². The number of anilines is 1. The lowest BCUT2D eigenvalue weighted by Gasteiger charge is -2.34. The zero-order chi connectivity index (χ0) is 18.1. The van der Waals surface area contributed by atoms with Gasteiger partial charge in [-0.2, -0.15) is 0 Å². The van der Waals surface area contributed by atoms with Gasteiger partial charge in [-0.1, -0.05) is 0 Å². The van der Waals surface area contributed by atoms with E-state index in [2.05, 4.69) is 28.7 Å². The monoisotopic (exact) mass is 364 g/mol. The summed E-state index contributed by atoms with van der Waals surface area (Å²) < 4.78 is 10.9. The molecule has 1 aliphatic rings. The van der Waals surface area contributed by atoms with Crippen LogP contribution in [-0.2, 0) is 16.0 Å². The van der Waals surface area contributed by atoms with E-state index in [1.807, 2.05) is 6.92 Å². The van der Waals surface area contributed by atoms with E-state index in [-0.39, 0.29) is 18.2 Å². The zero-order valence-corrected chi connectivity index (χ0v) is 15.9. The van der Waals surface area contributed by atoms with Crippen molar-refractivity contribution in [2.24, 2.45) is 0 Å². The number of aromatic nitrogens is 2. The fourth-order valence-corrected chi connectivity index (χ4v) is 4.39. The number of carbonyl (C=O) groups is 1. The fraction of sp³-hybridized carbons (Fsp3) is 0.588. The summed E-state index contributed by atoms with van der Waals surface area (Å²) in [6.07, 6.45) is 0.369. The molecule has 3 heterocycles. The summed E-state index contributed by atoms with van der Waals surface area (Å²) in [7, 11) is 0. The third-order valence-corrected chi connectivity index (χ3v) is 5.35. The van der Waals surface area contributed by atoms with E-state index in [4.69, 9.17) is 15.2 Å². The number of esters is 1. The van der Waals surface area contributed by atoms with Gasteiger partial charge in [-0.15, -0.1) is 11.3 Å². The van der Waals surface area contributed by atoms with E-state index in [0.29, 0.717) is 29.7 Å². The molecular weight excluding hydrogens is 340 g/mol. The Morgan fingerprint density at radius 3 is 2.68 bits per heavy atom. The molecule has 2 N–H and O–H groups in total. The SMILES string of the molecule is CCOC(=O)c1sc2nc(CN3C[C@@H](C)O[C@@H](C)C3)nc(N)c2c1C. The van der Waals surface area contributed by atoms with E-state index < -0.39 is 0 Å². The summed E-state index contributed by atoms with van der Waals surface area (Å²) in [5, 5.41) is 0.750. The Kier molecular flexibility index (Phi) is 5.21. The van der Waals surface area contributed by atoms with Gasteiger partial charge in [-0.25, -0.2) is 14.8 Å². The second kappa shape index (κ2) is 7.23. The normalized spacial score (nSPS) is 21.6. The molecule has 1 aliphatic heterocycles. The van der Waals surface area contributed by atoms with Gasteiger partial charge in [-0.05, 0) is 33.3 Å². The van der Waals surface area contributed by atoms with Crippen molar-refractivity contribution >= 4 is 33.3 Å². The lowest BCUT2D eigenvalue weighted by molar-refractivity contribution is -0.0710. The van der Waals surface area contributed by atoms with Crippen molar-refractivity contribution in [2.75, 3.05) is 25.4 Å². The Bertz CT molecular complexity index is 782. The molecule has 0 aliphatic carbocycles. The van der Waals surface area contributed by atoms with Crippen LogP contribution >= 0.6 is 11.3 Å². The third-order valence-electron chi connectivity index (χ3n) is 4.19. The molecule has 0 amide bonds. The number of fused-ring (bicyclic) bond motifs is 1.